The fourth-order valence-corrected chi connectivity index (χ4v) is 3.75. The SMILES string of the molecule is CNc1cc(C)nc(Nc2cc3c(c(C4=CCNC(C)CC4)c2F)OCC3)n1. The number of hydrogen-bond acceptors (Lipinski definition) is 6. The van der Waals surface area contributed by atoms with Crippen molar-refractivity contribution in [1.82, 2.24) is 15.3 Å². The van der Waals surface area contributed by atoms with E-state index < -0.39 is 0 Å². The maximum Gasteiger partial charge on any atom is 0.229 e. The molecule has 1 aromatic carbocycles. The van der Waals surface area contributed by atoms with Crippen LogP contribution in [0.1, 0.15) is 36.6 Å². The first-order valence-corrected chi connectivity index (χ1v) is 9.76. The molecule has 3 N–H and O–H groups in total. The van der Waals surface area contributed by atoms with Crippen molar-refractivity contribution in [3.8, 4) is 5.75 Å². The Balaban J connectivity index is 1.75. The van der Waals surface area contributed by atoms with Gasteiger partial charge in [-0.15, -0.1) is 0 Å². The Labute approximate surface area is 164 Å². The molecule has 0 fully saturated rings. The number of anilines is 3. The molecule has 2 aliphatic rings. The van der Waals surface area contributed by atoms with Gasteiger partial charge in [0.05, 0.1) is 17.9 Å². The molecule has 0 radical (unpaired) electrons. The van der Waals surface area contributed by atoms with Crippen molar-refractivity contribution in [2.75, 3.05) is 30.8 Å². The van der Waals surface area contributed by atoms with Crippen molar-refractivity contribution in [3.63, 3.8) is 0 Å². The molecule has 2 aliphatic heterocycles. The zero-order chi connectivity index (χ0) is 19.7. The van der Waals surface area contributed by atoms with Crippen molar-refractivity contribution < 1.29 is 9.13 Å². The molecule has 28 heavy (non-hydrogen) atoms. The van der Waals surface area contributed by atoms with E-state index in [4.69, 9.17) is 4.74 Å². The van der Waals surface area contributed by atoms with Crippen LogP contribution in [0.4, 0.5) is 21.8 Å². The number of fused-ring (bicyclic) bond motifs is 1. The van der Waals surface area contributed by atoms with E-state index in [-0.39, 0.29) is 5.82 Å². The van der Waals surface area contributed by atoms with Crippen LogP contribution in [-0.4, -0.2) is 36.2 Å². The molecule has 3 heterocycles. The van der Waals surface area contributed by atoms with Crippen LogP contribution >= 0.6 is 0 Å². The first-order valence-electron chi connectivity index (χ1n) is 9.76. The minimum Gasteiger partial charge on any atom is -0.492 e. The zero-order valence-electron chi connectivity index (χ0n) is 16.5. The highest BCUT2D eigenvalue weighted by atomic mass is 19.1. The Kier molecular flexibility index (Phi) is 5.17. The van der Waals surface area contributed by atoms with E-state index in [0.29, 0.717) is 41.4 Å². The molecule has 148 valence electrons. The maximum absolute atomic E-state index is 15.6. The summed E-state index contributed by atoms with van der Waals surface area (Å²) < 4.78 is 21.5. The van der Waals surface area contributed by atoms with Gasteiger partial charge in [0, 0.05) is 43.4 Å². The predicted molar refractivity (Wildman–Crippen MR) is 110 cm³/mol. The van der Waals surface area contributed by atoms with E-state index in [2.05, 4.69) is 38.9 Å². The molecule has 1 aromatic heterocycles. The summed E-state index contributed by atoms with van der Waals surface area (Å²) in [6, 6.07) is 4.07. The first kappa shape index (κ1) is 18.7. The van der Waals surface area contributed by atoms with E-state index in [0.717, 1.165) is 42.6 Å². The average molecular weight is 383 g/mol. The second-order valence-electron chi connectivity index (χ2n) is 7.37. The molecule has 0 aliphatic carbocycles. The van der Waals surface area contributed by atoms with Crippen molar-refractivity contribution >= 4 is 23.0 Å². The second-order valence-corrected chi connectivity index (χ2v) is 7.37. The molecule has 1 atom stereocenters. The summed E-state index contributed by atoms with van der Waals surface area (Å²) in [7, 11) is 1.80. The van der Waals surface area contributed by atoms with Crippen LogP contribution in [0.3, 0.4) is 0 Å². The number of rotatable bonds is 4. The number of aryl methyl sites for hydroxylation is 1. The Morgan fingerprint density at radius 3 is 2.93 bits per heavy atom. The van der Waals surface area contributed by atoms with E-state index in [9.17, 15) is 0 Å². The largest absolute Gasteiger partial charge is 0.492 e. The average Bonchev–Trinajstić information content (AvgIpc) is 3.02. The van der Waals surface area contributed by atoms with Gasteiger partial charge in [0.25, 0.3) is 0 Å². The van der Waals surface area contributed by atoms with Crippen molar-refractivity contribution in [1.29, 1.82) is 0 Å². The van der Waals surface area contributed by atoms with Crippen LogP contribution in [0, 0.1) is 12.7 Å². The van der Waals surface area contributed by atoms with Gasteiger partial charge in [-0.05, 0) is 38.3 Å². The number of nitrogens with zero attached hydrogens (tertiary/aromatic N) is 2. The van der Waals surface area contributed by atoms with Crippen LogP contribution in [0.25, 0.3) is 5.57 Å². The first-order chi connectivity index (χ1) is 13.5. The lowest BCUT2D eigenvalue weighted by atomic mass is 9.95. The van der Waals surface area contributed by atoms with Crippen LogP contribution in [0.2, 0.25) is 0 Å². The molecular formula is C21H26FN5O. The van der Waals surface area contributed by atoms with E-state index in [1.54, 1.807) is 7.05 Å². The van der Waals surface area contributed by atoms with Gasteiger partial charge < -0.3 is 20.7 Å². The quantitative estimate of drug-likeness (QED) is 0.746. The number of aromatic nitrogens is 2. The Bertz CT molecular complexity index is 927. The highest BCUT2D eigenvalue weighted by Crippen LogP contribution is 2.42. The van der Waals surface area contributed by atoms with Crippen LogP contribution in [0.15, 0.2) is 18.2 Å². The summed E-state index contributed by atoms with van der Waals surface area (Å²) in [5.41, 5.74) is 3.79. The van der Waals surface area contributed by atoms with Crippen molar-refractivity contribution in [2.24, 2.45) is 0 Å². The molecule has 4 rings (SSSR count). The van der Waals surface area contributed by atoms with Crippen molar-refractivity contribution in [2.45, 2.75) is 39.2 Å². The normalized spacial score (nSPS) is 18.7. The van der Waals surface area contributed by atoms with Gasteiger partial charge in [-0.3, -0.25) is 0 Å². The summed E-state index contributed by atoms with van der Waals surface area (Å²) in [4.78, 5) is 8.79. The van der Waals surface area contributed by atoms with E-state index in [1.807, 2.05) is 19.1 Å². The number of hydrogen-bond donors (Lipinski definition) is 3. The minimum absolute atomic E-state index is 0.308. The van der Waals surface area contributed by atoms with Gasteiger partial charge in [0.2, 0.25) is 5.95 Å². The number of halogens is 1. The molecule has 0 spiro atoms. The summed E-state index contributed by atoms with van der Waals surface area (Å²) in [6.45, 7) is 5.35. The van der Waals surface area contributed by atoms with Crippen LogP contribution in [0.5, 0.6) is 5.75 Å². The highest BCUT2D eigenvalue weighted by Gasteiger charge is 2.26. The Morgan fingerprint density at radius 2 is 2.11 bits per heavy atom. The molecule has 6 nitrogen and oxygen atoms in total. The smallest absolute Gasteiger partial charge is 0.229 e. The summed E-state index contributed by atoms with van der Waals surface area (Å²) in [6.07, 6.45) is 4.63. The minimum atomic E-state index is -0.308. The third-order valence-corrected chi connectivity index (χ3v) is 5.25. The molecule has 0 saturated carbocycles. The van der Waals surface area contributed by atoms with Gasteiger partial charge in [-0.1, -0.05) is 6.08 Å². The summed E-state index contributed by atoms with van der Waals surface area (Å²) in [5, 5.41) is 9.51. The van der Waals surface area contributed by atoms with Crippen molar-refractivity contribution in [3.05, 3.63) is 40.8 Å². The topological polar surface area (TPSA) is 71.1 Å². The lowest BCUT2D eigenvalue weighted by molar-refractivity contribution is 0.354. The molecule has 0 saturated heterocycles. The monoisotopic (exact) mass is 383 g/mol. The zero-order valence-corrected chi connectivity index (χ0v) is 16.5. The lowest BCUT2D eigenvalue weighted by Crippen LogP contribution is -2.24. The van der Waals surface area contributed by atoms with Gasteiger partial charge in [-0.25, -0.2) is 9.37 Å². The Hall–Kier alpha value is -2.67. The Morgan fingerprint density at radius 1 is 1.25 bits per heavy atom. The third-order valence-electron chi connectivity index (χ3n) is 5.25. The summed E-state index contributed by atoms with van der Waals surface area (Å²) in [5.74, 6) is 1.44. The molecule has 0 bridgehead atoms. The van der Waals surface area contributed by atoms with Gasteiger partial charge in [-0.2, -0.15) is 4.98 Å². The molecule has 0 amide bonds. The van der Waals surface area contributed by atoms with E-state index in [1.165, 1.54) is 0 Å². The number of ether oxygens (including phenoxy) is 1. The lowest BCUT2D eigenvalue weighted by Gasteiger charge is -2.17. The van der Waals surface area contributed by atoms with E-state index >= 15 is 4.39 Å². The third kappa shape index (κ3) is 3.67. The fraction of sp³-hybridized carbons (Fsp3) is 0.429. The molecular weight excluding hydrogens is 357 g/mol. The fourth-order valence-electron chi connectivity index (χ4n) is 3.75. The second kappa shape index (κ2) is 7.75. The molecule has 7 heteroatoms. The van der Waals surface area contributed by atoms with Crippen LogP contribution < -0.4 is 20.7 Å². The highest BCUT2D eigenvalue weighted by molar-refractivity contribution is 5.78. The number of nitrogens with one attached hydrogen (secondary N) is 3. The molecule has 2 aromatic rings. The standard InChI is InChI=1S/C21H26FN5O/c1-12-4-5-14(6-8-24-12)18-19(22)16(11-15-7-9-28-20(15)18)26-21-25-13(2)10-17(23-3)27-21/h6,10-12,24H,4-5,7-9H2,1-3H3,(H2,23,25,26,27). The number of allylic oxidation sites excluding steroid dienone is 1. The number of benzene rings is 1. The molecule has 1 unspecified atom stereocenters. The van der Waals surface area contributed by atoms with Crippen LogP contribution in [-0.2, 0) is 6.42 Å². The summed E-state index contributed by atoms with van der Waals surface area (Å²) >= 11 is 0. The van der Waals surface area contributed by atoms with Gasteiger partial charge >= 0.3 is 0 Å². The van der Waals surface area contributed by atoms with Gasteiger partial charge in [0.15, 0.2) is 5.82 Å². The maximum atomic E-state index is 15.6. The predicted octanol–water partition coefficient (Wildman–Crippen LogP) is 3.80. The van der Waals surface area contributed by atoms with Gasteiger partial charge in [0.1, 0.15) is 11.6 Å².